The number of benzene rings is 2. The van der Waals surface area contributed by atoms with Crippen LogP contribution >= 0.6 is 11.8 Å². The van der Waals surface area contributed by atoms with Crippen LogP contribution in [-0.2, 0) is 4.79 Å². The predicted molar refractivity (Wildman–Crippen MR) is 117 cm³/mol. The fourth-order valence-electron chi connectivity index (χ4n) is 6.60. The SMILES string of the molecule is CC12CCC(C3=C1SC(c1ccccc1)C1C(=O)Oc4ccccc4C31)C2(C)C. The average molecular weight is 403 g/mol. The summed E-state index contributed by atoms with van der Waals surface area (Å²) < 4.78 is 5.88. The van der Waals surface area contributed by atoms with Gasteiger partial charge in [0.1, 0.15) is 5.75 Å². The number of fused-ring (bicyclic) bond motifs is 8. The van der Waals surface area contributed by atoms with Crippen LogP contribution in [0, 0.1) is 22.7 Å². The molecule has 148 valence electrons. The smallest absolute Gasteiger partial charge is 0.316 e. The molecule has 6 rings (SSSR count). The number of rotatable bonds is 1. The minimum atomic E-state index is -0.158. The number of ether oxygens (including phenoxy) is 1. The summed E-state index contributed by atoms with van der Waals surface area (Å²) in [6, 6.07) is 18.8. The van der Waals surface area contributed by atoms with Gasteiger partial charge in [-0.3, -0.25) is 4.79 Å². The fourth-order valence-corrected chi connectivity index (χ4v) is 8.59. The Bertz CT molecular complexity index is 1050. The molecular formula is C26H26O2S. The first-order chi connectivity index (χ1) is 13.9. The largest absolute Gasteiger partial charge is 0.426 e. The molecule has 0 radical (unpaired) electrons. The van der Waals surface area contributed by atoms with E-state index in [1.807, 2.05) is 23.9 Å². The summed E-state index contributed by atoms with van der Waals surface area (Å²) in [6.07, 6.45) is 2.49. The number of carbonyl (C=O) groups excluding carboxylic acids is 1. The lowest BCUT2D eigenvalue weighted by molar-refractivity contribution is -0.141. The highest BCUT2D eigenvalue weighted by Gasteiger charge is 2.66. The molecule has 4 aliphatic rings. The van der Waals surface area contributed by atoms with Gasteiger partial charge >= 0.3 is 5.97 Å². The summed E-state index contributed by atoms with van der Waals surface area (Å²) in [4.78, 5) is 14.9. The van der Waals surface area contributed by atoms with Crippen molar-refractivity contribution in [1.82, 2.24) is 0 Å². The summed E-state index contributed by atoms with van der Waals surface area (Å²) in [5, 5.41) is 0.104. The number of allylic oxidation sites excluding steroid dienone is 2. The van der Waals surface area contributed by atoms with Gasteiger partial charge in [0, 0.05) is 22.1 Å². The molecule has 0 amide bonds. The quantitative estimate of drug-likeness (QED) is 0.402. The van der Waals surface area contributed by atoms with Gasteiger partial charge in [-0.15, -0.1) is 11.8 Å². The summed E-state index contributed by atoms with van der Waals surface area (Å²) in [6.45, 7) is 7.37. The molecule has 2 heterocycles. The molecule has 2 aromatic rings. The van der Waals surface area contributed by atoms with E-state index in [1.165, 1.54) is 24.0 Å². The van der Waals surface area contributed by atoms with E-state index in [9.17, 15) is 4.79 Å². The zero-order chi connectivity index (χ0) is 20.0. The number of hydrogen-bond acceptors (Lipinski definition) is 3. The molecule has 2 nitrogen and oxygen atoms in total. The standard InChI is InChI=1S/C26H26O2S/c1-25(2)17-13-14-26(25,3)23-20(17)19-16-11-7-8-12-18(16)28-24(27)21(19)22(29-23)15-9-5-4-6-10-15/h4-12,17,19,21-22H,13-14H2,1-3H3. The summed E-state index contributed by atoms with van der Waals surface area (Å²) >= 11 is 1.96. The molecule has 29 heavy (non-hydrogen) atoms. The van der Waals surface area contributed by atoms with E-state index in [-0.39, 0.29) is 33.9 Å². The van der Waals surface area contributed by atoms with E-state index in [1.54, 1.807) is 10.5 Å². The Labute approximate surface area is 176 Å². The van der Waals surface area contributed by atoms with E-state index in [2.05, 4.69) is 63.2 Å². The van der Waals surface area contributed by atoms with E-state index >= 15 is 0 Å². The number of hydrogen-bond donors (Lipinski definition) is 0. The van der Waals surface area contributed by atoms with Crippen LogP contribution in [0.3, 0.4) is 0 Å². The number of thioether (sulfide) groups is 1. The molecule has 3 heteroatoms. The molecule has 1 saturated carbocycles. The molecule has 2 aromatic carbocycles. The van der Waals surface area contributed by atoms with Gasteiger partial charge in [0.25, 0.3) is 0 Å². The summed E-state index contributed by atoms with van der Waals surface area (Å²) in [7, 11) is 0. The Morgan fingerprint density at radius 3 is 2.52 bits per heavy atom. The first-order valence-electron chi connectivity index (χ1n) is 10.7. The second-order valence-electron chi connectivity index (χ2n) is 9.84. The number of carbonyl (C=O) groups is 1. The molecule has 0 N–H and O–H groups in total. The van der Waals surface area contributed by atoms with Crippen molar-refractivity contribution in [2.45, 2.75) is 44.8 Å². The molecule has 2 aliphatic heterocycles. The maximum absolute atomic E-state index is 13.4. The van der Waals surface area contributed by atoms with Crippen molar-refractivity contribution in [3.63, 3.8) is 0 Å². The van der Waals surface area contributed by atoms with Crippen molar-refractivity contribution >= 4 is 17.7 Å². The third kappa shape index (κ3) is 2.12. The Kier molecular flexibility index (Phi) is 3.56. The Balaban J connectivity index is 1.61. The summed E-state index contributed by atoms with van der Waals surface area (Å²) in [5.41, 5.74) is 4.43. The van der Waals surface area contributed by atoms with E-state index in [4.69, 9.17) is 4.74 Å². The van der Waals surface area contributed by atoms with Crippen molar-refractivity contribution in [3.05, 3.63) is 76.2 Å². The van der Waals surface area contributed by atoms with Crippen LogP contribution in [0.25, 0.3) is 0 Å². The third-order valence-electron chi connectivity index (χ3n) is 8.50. The molecule has 5 atom stereocenters. The van der Waals surface area contributed by atoms with Crippen LogP contribution in [-0.4, -0.2) is 5.97 Å². The molecule has 1 fully saturated rings. The van der Waals surface area contributed by atoms with Gasteiger partial charge in [0.2, 0.25) is 0 Å². The minimum absolute atomic E-state index is 0.0627. The fraction of sp³-hybridized carbons (Fsp3) is 0.423. The van der Waals surface area contributed by atoms with Gasteiger partial charge < -0.3 is 4.74 Å². The second-order valence-corrected chi connectivity index (χ2v) is 11.0. The number of esters is 1. The second kappa shape index (κ2) is 5.78. The highest BCUT2D eigenvalue weighted by Crippen LogP contribution is 2.77. The monoisotopic (exact) mass is 402 g/mol. The van der Waals surface area contributed by atoms with Crippen molar-refractivity contribution < 1.29 is 9.53 Å². The normalized spacial score (nSPS) is 36.3. The topological polar surface area (TPSA) is 26.3 Å². The molecule has 5 unspecified atom stereocenters. The molecule has 2 bridgehead atoms. The lowest BCUT2D eigenvalue weighted by Crippen LogP contribution is -2.39. The van der Waals surface area contributed by atoms with Crippen molar-refractivity contribution in [3.8, 4) is 5.75 Å². The van der Waals surface area contributed by atoms with Crippen LogP contribution in [0.1, 0.15) is 55.9 Å². The Hall–Kier alpha value is -2.00. The molecule has 0 aromatic heterocycles. The molecule has 0 saturated heterocycles. The van der Waals surface area contributed by atoms with E-state index in [0.717, 1.165) is 5.75 Å². The van der Waals surface area contributed by atoms with Gasteiger partial charge in [-0.2, -0.15) is 0 Å². The first-order valence-corrected chi connectivity index (χ1v) is 11.6. The van der Waals surface area contributed by atoms with Crippen LogP contribution in [0.4, 0.5) is 0 Å². The average Bonchev–Trinajstić information content (AvgIpc) is 3.06. The lowest BCUT2D eigenvalue weighted by atomic mass is 9.68. The zero-order valence-corrected chi connectivity index (χ0v) is 18.0. The van der Waals surface area contributed by atoms with Gasteiger partial charge in [-0.25, -0.2) is 0 Å². The van der Waals surface area contributed by atoms with Crippen molar-refractivity contribution in [1.29, 1.82) is 0 Å². The van der Waals surface area contributed by atoms with Crippen LogP contribution in [0.5, 0.6) is 5.75 Å². The summed E-state index contributed by atoms with van der Waals surface area (Å²) in [5.74, 6) is 1.23. The van der Waals surface area contributed by atoms with Gasteiger partial charge in [-0.05, 0) is 46.3 Å². The lowest BCUT2D eigenvalue weighted by Gasteiger charge is -2.45. The van der Waals surface area contributed by atoms with E-state index < -0.39 is 0 Å². The minimum Gasteiger partial charge on any atom is -0.426 e. The highest BCUT2D eigenvalue weighted by atomic mass is 32.2. The zero-order valence-electron chi connectivity index (χ0n) is 17.1. The highest BCUT2D eigenvalue weighted by molar-refractivity contribution is 8.03. The maximum atomic E-state index is 13.4. The van der Waals surface area contributed by atoms with Crippen LogP contribution < -0.4 is 4.74 Å². The van der Waals surface area contributed by atoms with Gasteiger partial charge in [0.15, 0.2) is 0 Å². The molecular weight excluding hydrogens is 376 g/mol. The third-order valence-corrected chi connectivity index (χ3v) is 10.2. The van der Waals surface area contributed by atoms with Crippen LogP contribution in [0.2, 0.25) is 0 Å². The maximum Gasteiger partial charge on any atom is 0.316 e. The number of para-hydroxylation sites is 1. The predicted octanol–water partition coefficient (Wildman–Crippen LogP) is 6.50. The van der Waals surface area contributed by atoms with E-state index in [0.29, 0.717) is 5.92 Å². The molecule has 0 spiro atoms. The van der Waals surface area contributed by atoms with Crippen molar-refractivity contribution in [2.75, 3.05) is 0 Å². The Morgan fingerprint density at radius 2 is 1.72 bits per heavy atom. The van der Waals surface area contributed by atoms with Gasteiger partial charge in [-0.1, -0.05) is 69.3 Å². The van der Waals surface area contributed by atoms with Crippen LogP contribution in [0.15, 0.2) is 65.1 Å². The first kappa shape index (κ1) is 17.8. The van der Waals surface area contributed by atoms with Gasteiger partial charge in [0.05, 0.1) is 5.92 Å². The molecule has 2 aliphatic carbocycles. The van der Waals surface area contributed by atoms with Crippen molar-refractivity contribution in [2.24, 2.45) is 22.7 Å². The Morgan fingerprint density at radius 1 is 1.00 bits per heavy atom.